The van der Waals surface area contributed by atoms with Crippen LogP contribution in [0.1, 0.15) is 19.8 Å². The van der Waals surface area contributed by atoms with Crippen molar-refractivity contribution in [3.8, 4) is 10.6 Å². The molecule has 0 aliphatic rings. The van der Waals surface area contributed by atoms with Crippen LogP contribution in [0, 0.1) is 0 Å². The Bertz CT molecular complexity index is 718. The first-order chi connectivity index (χ1) is 11.0. The number of benzene rings is 1. The average molecular weight is 372 g/mol. The summed E-state index contributed by atoms with van der Waals surface area (Å²) in [5.41, 5.74) is 0.821. The molecule has 0 aliphatic heterocycles. The van der Waals surface area contributed by atoms with Gasteiger partial charge in [-0.3, -0.25) is 9.59 Å². The highest BCUT2D eigenvalue weighted by molar-refractivity contribution is 7.13. The van der Waals surface area contributed by atoms with Gasteiger partial charge in [0.05, 0.1) is 16.6 Å². The second kappa shape index (κ2) is 8.29. The molecule has 0 bridgehead atoms. The molecule has 0 aliphatic carbocycles. The quantitative estimate of drug-likeness (QED) is 0.806. The lowest BCUT2D eigenvalue weighted by Crippen LogP contribution is -2.32. The van der Waals surface area contributed by atoms with Crippen LogP contribution in [0.3, 0.4) is 0 Å². The Kier molecular flexibility index (Phi) is 6.38. The zero-order chi connectivity index (χ0) is 16.8. The Morgan fingerprint density at radius 3 is 2.70 bits per heavy atom. The number of nitrogens with one attached hydrogen (secondary N) is 2. The molecule has 5 nitrogen and oxygen atoms in total. The van der Waals surface area contributed by atoms with Gasteiger partial charge in [-0.05, 0) is 18.6 Å². The molecule has 1 aromatic carbocycles. The topological polar surface area (TPSA) is 71.1 Å². The van der Waals surface area contributed by atoms with Crippen molar-refractivity contribution in [2.75, 3.05) is 11.9 Å². The van der Waals surface area contributed by atoms with Gasteiger partial charge in [0, 0.05) is 17.4 Å². The van der Waals surface area contributed by atoms with Gasteiger partial charge in [-0.25, -0.2) is 4.98 Å². The summed E-state index contributed by atoms with van der Waals surface area (Å²) in [7, 11) is 0. The molecule has 1 heterocycles. The van der Waals surface area contributed by atoms with Crippen molar-refractivity contribution in [3.05, 3.63) is 33.6 Å². The van der Waals surface area contributed by atoms with Crippen molar-refractivity contribution < 1.29 is 9.59 Å². The summed E-state index contributed by atoms with van der Waals surface area (Å²) in [6.45, 7) is 1.83. The molecular formula is C15H15Cl2N3O2S. The first kappa shape index (κ1) is 17.7. The molecule has 2 amide bonds. The zero-order valence-electron chi connectivity index (χ0n) is 12.4. The predicted molar refractivity (Wildman–Crippen MR) is 94.1 cm³/mol. The number of hydrogen-bond acceptors (Lipinski definition) is 4. The summed E-state index contributed by atoms with van der Waals surface area (Å²) in [5.74, 6) is -0.0244. The fourth-order valence-corrected chi connectivity index (χ4v) is 2.82. The lowest BCUT2D eigenvalue weighted by Gasteiger charge is -2.04. The van der Waals surface area contributed by atoms with E-state index in [0.29, 0.717) is 27.3 Å². The molecule has 0 atom stereocenters. The van der Waals surface area contributed by atoms with Crippen molar-refractivity contribution in [1.82, 2.24) is 10.3 Å². The molecule has 2 aromatic rings. The third kappa shape index (κ3) is 5.20. The minimum Gasteiger partial charge on any atom is -0.347 e. The van der Waals surface area contributed by atoms with Gasteiger partial charge >= 0.3 is 0 Å². The van der Waals surface area contributed by atoms with E-state index in [-0.39, 0.29) is 18.4 Å². The molecule has 0 radical (unpaired) electrons. The molecule has 122 valence electrons. The van der Waals surface area contributed by atoms with Crippen LogP contribution in [-0.2, 0) is 9.59 Å². The molecular weight excluding hydrogens is 357 g/mol. The van der Waals surface area contributed by atoms with Gasteiger partial charge < -0.3 is 10.6 Å². The van der Waals surface area contributed by atoms with Gasteiger partial charge in [0.15, 0.2) is 0 Å². The van der Waals surface area contributed by atoms with Crippen LogP contribution in [-0.4, -0.2) is 23.3 Å². The Morgan fingerprint density at radius 2 is 2.00 bits per heavy atom. The van der Waals surface area contributed by atoms with Gasteiger partial charge in [-0.2, -0.15) is 0 Å². The van der Waals surface area contributed by atoms with E-state index >= 15 is 0 Å². The normalized spacial score (nSPS) is 10.4. The number of nitrogens with zero attached hydrogens (tertiary/aromatic N) is 1. The molecule has 2 rings (SSSR count). The molecule has 0 saturated carbocycles. The predicted octanol–water partition coefficient (Wildman–Crippen LogP) is 3.97. The number of aromatic nitrogens is 1. The Morgan fingerprint density at radius 1 is 1.22 bits per heavy atom. The molecule has 0 unspecified atom stereocenters. The molecule has 0 spiro atoms. The summed E-state index contributed by atoms with van der Waals surface area (Å²) >= 11 is 13.2. The number of hydrogen-bond donors (Lipinski definition) is 2. The third-order valence-corrected chi connectivity index (χ3v) is 4.49. The molecule has 0 fully saturated rings. The molecule has 8 heteroatoms. The highest BCUT2D eigenvalue weighted by atomic mass is 35.5. The fourth-order valence-electron chi connectivity index (χ4n) is 1.77. The van der Waals surface area contributed by atoms with Crippen LogP contribution in [0.4, 0.5) is 5.82 Å². The van der Waals surface area contributed by atoms with Crippen LogP contribution in [0.2, 0.25) is 10.0 Å². The Balaban J connectivity index is 1.95. The van der Waals surface area contributed by atoms with E-state index in [1.165, 1.54) is 11.3 Å². The number of anilines is 1. The smallest absolute Gasteiger partial charge is 0.244 e. The summed E-state index contributed by atoms with van der Waals surface area (Å²) in [6, 6.07) is 5.23. The first-order valence-electron chi connectivity index (χ1n) is 6.97. The van der Waals surface area contributed by atoms with Crippen LogP contribution in [0.5, 0.6) is 0 Å². The number of rotatable bonds is 6. The number of carbonyl (C=O) groups is 2. The number of halogens is 2. The van der Waals surface area contributed by atoms with Crippen LogP contribution < -0.4 is 10.6 Å². The van der Waals surface area contributed by atoms with Crippen LogP contribution in [0.15, 0.2) is 23.6 Å². The first-order valence-corrected chi connectivity index (χ1v) is 8.60. The minimum atomic E-state index is -0.319. The van der Waals surface area contributed by atoms with Gasteiger partial charge in [0.25, 0.3) is 0 Å². The van der Waals surface area contributed by atoms with Crippen molar-refractivity contribution >= 4 is 52.2 Å². The fraction of sp³-hybridized carbons (Fsp3) is 0.267. The molecule has 1 aromatic heterocycles. The number of amides is 2. The maximum Gasteiger partial charge on any atom is 0.244 e. The zero-order valence-corrected chi connectivity index (χ0v) is 14.7. The van der Waals surface area contributed by atoms with E-state index in [1.807, 2.05) is 13.0 Å². The van der Waals surface area contributed by atoms with Gasteiger partial charge in [0.2, 0.25) is 11.8 Å². The maximum absolute atomic E-state index is 11.8. The van der Waals surface area contributed by atoms with E-state index in [2.05, 4.69) is 15.6 Å². The summed E-state index contributed by atoms with van der Waals surface area (Å²) < 4.78 is 0. The van der Waals surface area contributed by atoms with Crippen molar-refractivity contribution in [2.45, 2.75) is 19.8 Å². The molecule has 23 heavy (non-hydrogen) atoms. The summed E-state index contributed by atoms with van der Waals surface area (Å²) in [6.07, 6.45) is 1.15. The van der Waals surface area contributed by atoms with Crippen molar-refractivity contribution in [2.24, 2.45) is 0 Å². The lowest BCUT2D eigenvalue weighted by atomic mass is 10.2. The highest BCUT2D eigenvalue weighted by Crippen LogP contribution is 2.31. The van der Waals surface area contributed by atoms with E-state index in [9.17, 15) is 9.59 Å². The van der Waals surface area contributed by atoms with Crippen LogP contribution in [0.25, 0.3) is 10.6 Å². The lowest BCUT2D eigenvalue weighted by molar-refractivity contribution is -0.124. The van der Waals surface area contributed by atoms with E-state index in [4.69, 9.17) is 23.2 Å². The monoisotopic (exact) mass is 371 g/mol. The SMILES string of the molecule is CCCC(=O)NCC(=O)Nc1csc(-c2ccc(Cl)c(Cl)c2)n1. The summed E-state index contributed by atoms with van der Waals surface area (Å²) in [4.78, 5) is 27.4. The maximum atomic E-state index is 11.8. The number of carbonyl (C=O) groups excluding carboxylic acids is 2. The van der Waals surface area contributed by atoms with E-state index < -0.39 is 0 Å². The second-order valence-electron chi connectivity index (χ2n) is 4.74. The van der Waals surface area contributed by atoms with Crippen molar-refractivity contribution in [3.63, 3.8) is 0 Å². The van der Waals surface area contributed by atoms with E-state index in [0.717, 1.165) is 12.0 Å². The average Bonchev–Trinajstić information content (AvgIpc) is 2.97. The highest BCUT2D eigenvalue weighted by Gasteiger charge is 2.10. The second-order valence-corrected chi connectivity index (χ2v) is 6.41. The Hall–Kier alpha value is -1.63. The summed E-state index contributed by atoms with van der Waals surface area (Å²) in [5, 5.41) is 8.56. The van der Waals surface area contributed by atoms with Gasteiger partial charge in [-0.15, -0.1) is 11.3 Å². The van der Waals surface area contributed by atoms with Crippen LogP contribution >= 0.6 is 34.5 Å². The van der Waals surface area contributed by atoms with Crippen molar-refractivity contribution in [1.29, 1.82) is 0 Å². The minimum absolute atomic E-state index is 0.0710. The third-order valence-electron chi connectivity index (χ3n) is 2.86. The number of thiazole rings is 1. The Labute approximate surface area is 148 Å². The van der Waals surface area contributed by atoms with E-state index in [1.54, 1.807) is 17.5 Å². The standard InChI is InChI=1S/C15H15Cl2N3O2S/c1-2-3-13(21)18-7-14(22)19-12-8-23-15(20-12)9-4-5-10(16)11(17)6-9/h4-6,8H,2-3,7H2,1H3,(H,18,21)(H,19,22). The molecule has 2 N–H and O–H groups in total. The largest absolute Gasteiger partial charge is 0.347 e. The van der Waals surface area contributed by atoms with Gasteiger partial charge in [-0.1, -0.05) is 36.2 Å². The van der Waals surface area contributed by atoms with Gasteiger partial charge in [0.1, 0.15) is 10.8 Å². The molecule has 0 saturated heterocycles.